The summed E-state index contributed by atoms with van der Waals surface area (Å²) in [5.74, 6) is -1.39. The highest BCUT2D eigenvalue weighted by atomic mass is 16.4. The van der Waals surface area contributed by atoms with Gasteiger partial charge >= 0.3 is 5.97 Å². The summed E-state index contributed by atoms with van der Waals surface area (Å²) < 4.78 is 0. The number of amides is 1. The summed E-state index contributed by atoms with van der Waals surface area (Å²) in [6.07, 6.45) is 2.14. The fourth-order valence-electron chi connectivity index (χ4n) is 2.69. The molecule has 1 unspecified atom stereocenters. The maximum atomic E-state index is 12.4. The number of aromatic carboxylic acids is 1. The van der Waals surface area contributed by atoms with Crippen LogP contribution in [0, 0.1) is 17.2 Å². The predicted octanol–water partition coefficient (Wildman–Crippen LogP) is 1.95. The van der Waals surface area contributed by atoms with Crippen molar-refractivity contribution < 1.29 is 14.7 Å². The minimum Gasteiger partial charge on any atom is -0.478 e. The number of anilines is 1. The van der Waals surface area contributed by atoms with Crippen LogP contribution in [0.5, 0.6) is 0 Å². The van der Waals surface area contributed by atoms with Gasteiger partial charge in [0.2, 0.25) is 5.91 Å². The molecule has 2 N–H and O–H groups in total. The van der Waals surface area contributed by atoms with E-state index in [1.54, 1.807) is 18.2 Å². The average Bonchev–Trinajstić information content (AvgIpc) is 2.53. The van der Waals surface area contributed by atoms with E-state index >= 15 is 0 Å². The number of nitriles is 1. The Morgan fingerprint density at radius 1 is 1.41 bits per heavy atom. The molecule has 2 rings (SSSR count). The standard InChI is InChI=1S/C16H19N3O3/c17-8-4-10-19-9-3-5-12(11-19)15(20)18-14-7-2-1-6-13(14)16(21)22/h1-2,6-7,12H,3-5,9-11H2,(H,18,20)(H,21,22). The zero-order chi connectivity index (χ0) is 15.9. The average molecular weight is 301 g/mol. The molecule has 6 nitrogen and oxygen atoms in total. The van der Waals surface area contributed by atoms with Crippen LogP contribution in [0.2, 0.25) is 0 Å². The van der Waals surface area contributed by atoms with Crippen molar-refractivity contribution in [2.24, 2.45) is 5.92 Å². The number of nitrogens with one attached hydrogen (secondary N) is 1. The van der Waals surface area contributed by atoms with Gasteiger partial charge in [0.05, 0.1) is 23.2 Å². The molecule has 0 aromatic heterocycles. The summed E-state index contributed by atoms with van der Waals surface area (Å²) in [7, 11) is 0. The fraction of sp³-hybridized carbons (Fsp3) is 0.438. The Labute approximate surface area is 129 Å². The van der Waals surface area contributed by atoms with E-state index in [2.05, 4.69) is 16.3 Å². The number of hydrogen-bond acceptors (Lipinski definition) is 4. The van der Waals surface area contributed by atoms with E-state index in [1.807, 2.05) is 0 Å². The minimum absolute atomic E-state index is 0.0907. The van der Waals surface area contributed by atoms with E-state index in [-0.39, 0.29) is 17.4 Å². The van der Waals surface area contributed by atoms with Crippen LogP contribution in [0.4, 0.5) is 5.69 Å². The lowest BCUT2D eigenvalue weighted by molar-refractivity contribution is -0.121. The number of carbonyl (C=O) groups is 2. The summed E-state index contributed by atoms with van der Waals surface area (Å²) in [6, 6.07) is 8.50. The van der Waals surface area contributed by atoms with Gasteiger partial charge in [0.1, 0.15) is 0 Å². The smallest absolute Gasteiger partial charge is 0.337 e. The summed E-state index contributed by atoms with van der Waals surface area (Å²) in [6.45, 7) is 2.19. The third-order valence-corrected chi connectivity index (χ3v) is 3.83. The maximum absolute atomic E-state index is 12.4. The largest absolute Gasteiger partial charge is 0.478 e. The second kappa shape index (κ2) is 7.57. The van der Waals surface area contributed by atoms with Crippen LogP contribution in [0.1, 0.15) is 29.6 Å². The molecule has 0 saturated carbocycles. The molecule has 0 spiro atoms. The van der Waals surface area contributed by atoms with Crippen LogP contribution in [0.3, 0.4) is 0 Å². The second-order valence-corrected chi connectivity index (χ2v) is 5.39. The Bertz CT molecular complexity index is 595. The van der Waals surface area contributed by atoms with E-state index in [1.165, 1.54) is 6.07 Å². The highest BCUT2D eigenvalue weighted by molar-refractivity contribution is 6.01. The van der Waals surface area contributed by atoms with E-state index in [4.69, 9.17) is 10.4 Å². The molecule has 1 amide bonds. The number of benzene rings is 1. The first-order valence-electron chi connectivity index (χ1n) is 7.34. The van der Waals surface area contributed by atoms with Gasteiger partial charge in [-0.1, -0.05) is 12.1 Å². The lowest BCUT2D eigenvalue weighted by Gasteiger charge is -2.31. The van der Waals surface area contributed by atoms with Crippen LogP contribution >= 0.6 is 0 Å². The molecule has 1 heterocycles. The van der Waals surface area contributed by atoms with Gasteiger partial charge in [-0.3, -0.25) is 4.79 Å². The van der Waals surface area contributed by atoms with Crippen LogP contribution < -0.4 is 5.32 Å². The molecule has 1 aromatic carbocycles. The third-order valence-electron chi connectivity index (χ3n) is 3.83. The summed E-state index contributed by atoms with van der Waals surface area (Å²) >= 11 is 0. The van der Waals surface area contributed by atoms with Gasteiger partial charge in [0.25, 0.3) is 0 Å². The SMILES string of the molecule is N#CCCN1CCCC(C(=O)Nc2ccccc2C(=O)O)C1. The van der Waals surface area contributed by atoms with Crippen LogP contribution in [0.15, 0.2) is 24.3 Å². The molecule has 22 heavy (non-hydrogen) atoms. The first kappa shape index (κ1) is 16.0. The number of nitrogens with zero attached hydrogens (tertiary/aromatic N) is 2. The normalized spacial score (nSPS) is 18.4. The molecule has 1 atom stereocenters. The van der Waals surface area contributed by atoms with E-state index in [9.17, 15) is 9.59 Å². The fourth-order valence-corrected chi connectivity index (χ4v) is 2.69. The molecule has 116 valence electrons. The lowest BCUT2D eigenvalue weighted by Crippen LogP contribution is -2.41. The topological polar surface area (TPSA) is 93.4 Å². The molecule has 1 aliphatic rings. The van der Waals surface area contributed by atoms with Gasteiger partial charge in [0.15, 0.2) is 0 Å². The Morgan fingerprint density at radius 3 is 2.91 bits per heavy atom. The molecule has 0 bridgehead atoms. The molecular formula is C16H19N3O3. The van der Waals surface area contributed by atoms with Crippen molar-refractivity contribution in [1.82, 2.24) is 4.90 Å². The highest BCUT2D eigenvalue weighted by Gasteiger charge is 2.26. The van der Waals surface area contributed by atoms with Crippen molar-refractivity contribution >= 4 is 17.6 Å². The van der Waals surface area contributed by atoms with Gasteiger partial charge < -0.3 is 15.3 Å². The number of carbonyl (C=O) groups excluding carboxylic acids is 1. The third kappa shape index (κ3) is 4.06. The van der Waals surface area contributed by atoms with Crippen LogP contribution in [-0.4, -0.2) is 41.5 Å². The Balaban J connectivity index is 2.00. The monoisotopic (exact) mass is 301 g/mol. The number of hydrogen-bond donors (Lipinski definition) is 2. The highest BCUT2D eigenvalue weighted by Crippen LogP contribution is 2.21. The first-order valence-corrected chi connectivity index (χ1v) is 7.34. The molecule has 1 saturated heterocycles. The molecule has 0 aliphatic carbocycles. The predicted molar refractivity (Wildman–Crippen MR) is 81.4 cm³/mol. The Hall–Kier alpha value is -2.39. The van der Waals surface area contributed by atoms with Crippen molar-refractivity contribution in [3.8, 4) is 6.07 Å². The van der Waals surface area contributed by atoms with Crippen molar-refractivity contribution in [3.63, 3.8) is 0 Å². The quantitative estimate of drug-likeness (QED) is 0.867. The number of para-hydroxylation sites is 1. The minimum atomic E-state index is -1.06. The van der Waals surface area contributed by atoms with Gasteiger partial charge in [0, 0.05) is 19.5 Å². The van der Waals surface area contributed by atoms with E-state index in [0.717, 1.165) is 19.4 Å². The van der Waals surface area contributed by atoms with E-state index < -0.39 is 5.97 Å². The number of rotatable bonds is 5. The lowest BCUT2D eigenvalue weighted by atomic mass is 9.96. The molecule has 1 aromatic rings. The number of piperidine rings is 1. The van der Waals surface area contributed by atoms with E-state index in [0.29, 0.717) is 25.2 Å². The zero-order valence-electron chi connectivity index (χ0n) is 12.3. The summed E-state index contributed by atoms with van der Waals surface area (Å²) in [5.41, 5.74) is 0.419. The van der Waals surface area contributed by atoms with Gasteiger partial charge in [-0.25, -0.2) is 4.79 Å². The van der Waals surface area contributed by atoms with Crippen molar-refractivity contribution in [2.75, 3.05) is 25.0 Å². The molecule has 1 aliphatic heterocycles. The second-order valence-electron chi connectivity index (χ2n) is 5.39. The van der Waals surface area contributed by atoms with Crippen molar-refractivity contribution in [1.29, 1.82) is 5.26 Å². The number of carboxylic acids is 1. The van der Waals surface area contributed by atoms with Crippen LogP contribution in [-0.2, 0) is 4.79 Å². The number of likely N-dealkylation sites (tertiary alicyclic amines) is 1. The Kier molecular flexibility index (Phi) is 5.50. The van der Waals surface area contributed by atoms with Gasteiger partial charge in [-0.05, 0) is 31.5 Å². The number of carboxylic acid groups (broad SMARTS) is 1. The van der Waals surface area contributed by atoms with Gasteiger partial charge in [-0.15, -0.1) is 0 Å². The summed E-state index contributed by atoms with van der Waals surface area (Å²) in [5, 5.41) is 20.5. The maximum Gasteiger partial charge on any atom is 0.337 e. The Morgan fingerprint density at radius 2 is 2.18 bits per heavy atom. The van der Waals surface area contributed by atoms with Crippen LogP contribution in [0.25, 0.3) is 0 Å². The summed E-state index contributed by atoms with van der Waals surface area (Å²) in [4.78, 5) is 25.6. The molecule has 1 fully saturated rings. The zero-order valence-corrected chi connectivity index (χ0v) is 12.3. The van der Waals surface area contributed by atoms with Gasteiger partial charge in [-0.2, -0.15) is 5.26 Å². The van der Waals surface area contributed by atoms with Crippen molar-refractivity contribution in [3.05, 3.63) is 29.8 Å². The molecular weight excluding hydrogens is 282 g/mol. The first-order chi connectivity index (χ1) is 10.6. The van der Waals surface area contributed by atoms with Crippen molar-refractivity contribution in [2.45, 2.75) is 19.3 Å². The molecule has 6 heteroatoms. The molecule has 0 radical (unpaired) electrons.